The van der Waals surface area contributed by atoms with Crippen LogP contribution in [-0.4, -0.2) is 18.2 Å². The van der Waals surface area contributed by atoms with Gasteiger partial charge in [-0.1, -0.05) is 0 Å². The number of nitrogens with zero attached hydrogens (tertiary/aromatic N) is 2. The Labute approximate surface area is 116 Å². The lowest BCUT2D eigenvalue weighted by molar-refractivity contribution is -0.133. The van der Waals surface area contributed by atoms with E-state index in [1.54, 1.807) is 19.1 Å². The molecule has 1 aliphatic rings. The number of nitriles is 1. The first kappa shape index (κ1) is 14.2. The molecule has 1 saturated heterocycles. The number of hydrogen-bond donors (Lipinski definition) is 0. The summed E-state index contributed by atoms with van der Waals surface area (Å²) in [6, 6.07) is 6.25. The number of Topliss-reactive ketones (excluding diaryl/α,β-unsaturated/α-hetero) is 1. The van der Waals surface area contributed by atoms with Crippen molar-refractivity contribution in [1.29, 1.82) is 5.26 Å². The average molecular weight is 274 g/mol. The molecule has 0 aliphatic carbocycles. The van der Waals surface area contributed by atoms with Crippen LogP contribution in [0.1, 0.15) is 24.8 Å². The SMILES string of the molecule is Cc1cc(N2CCC[C@@H](C(=O)CC#N)C2=O)ccc1F. The van der Waals surface area contributed by atoms with E-state index in [4.69, 9.17) is 5.26 Å². The van der Waals surface area contributed by atoms with E-state index in [9.17, 15) is 14.0 Å². The molecule has 1 aliphatic heterocycles. The first-order valence-corrected chi connectivity index (χ1v) is 6.52. The molecule has 0 unspecified atom stereocenters. The molecular weight excluding hydrogens is 259 g/mol. The molecule has 0 spiro atoms. The van der Waals surface area contributed by atoms with Gasteiger partial charge < -0.3 is 4.90 Å². The highest BCUT2D eigenvalue weighted by Gasteiger charge is 2.34. The summed E-state index contributed by atoms with van der Waals surface area (Å²) in [7, 11) is 0. The number of carbonyl (C=O) groups excluding carboxylic acids is 2. The molecule has 1 aromatic carbocycles. The number of anilines is 1. The second-order valence-corrected chi connectivity index (χ2v) is 4.92. The first-order chi connectivity index (χ1) is 9.54. The topological polar surface area (TPSA) is 61.2 Å². The van der Waals surface area contributed by atoms with Gasteiger partial charge in [-0.05, 0) is 43.5 Å². The molecule has 20 heavy (non-hydrogen) atoms. The highest BCUT2D eigenvalue weighted by atomic mass is 19.1. The van der Waals surface area contributed by atoms with E-state index in [1.807, 2.05) is 0 Å². The van der Waals surface area contributed by atoms with Gasteiger partial charge >= 0.3 is 0 Å². The van der Waals surface area contributed by atoms with Crippen molar-refractivity contribution in [3.63, 3.8) is 0 Å². The molecule has 1 atom stereocenters. The standard InChI is InChI=1S/C15H15FN2O2/c1-10-9-11(4-5-13(10)16)18-8-2-3-12(15(18)20)14(19)6-7-17/h4-5,9,12H,2-3,6,8H2,1H3/t12-/m0/s1. The van der Waals surface area contributed by atoms with Crippen molar-refractivity contribution in [2.24, 2.45) is 5.92 Å². The molecular formula is C15H15FN2O2. The van der Waals surface area contributed by atoms with Gasteiger partial charge in [0.05, 0.1) is 18.4 Å². The average Bonchev–Trinajstić information content (AvgIpc) is 2.42. The van der Waals surface area contributed by atoms with Gasteiger partial charge in [0.2, 0.25) is 5.91 Å². The Morgan fingerprint density at radius 2 is 2.30 bits per heavy atom. The Hall–Kier alpha value is -2.22. The maximum Gasteiger partial charge on any atom is 0.237 e. The smallest absolute Gasteiger partial charge is 0.237 e. The molecule has 1 fully saturated rings. The van der Waals surface area contributed by atoms with E-state index in [0.717, 1.165) is 0 Å². The number of amides is 1. The summed E-state index contributed by atoms with van der Waals surface area (Å²) in [6.07, 6.45) is 0.937. The van der Waals surface area contributed by atoms with Crippen LogP contribution in [0.4, 0.5) is 10.1 Å². The predicted molar refractivity (Wildman–Crippen MR) is 71.5 cm³/mol. The van der Waals surface area contributed by atoms with E-state index >= 15 is 0 Å². The molecule has 2 rings (SSSR count). The van der Waals surface area contributed by atoms with Gasteiger partial charge in [0.15, 0.2) is 5.78 Å². The van der Waals surface area contributed by atoms with Gasteiger partial charge in [-0.25, -0.2) is 4.39 Å². The Bertz CT molecular complexity index is 592. The molecule has 104 valence electrons. The van der Waals surface area contributed by atoms with E-state index in [1.165, 1.54) is 17.0 Å². The van der Waals surface area contributed by atoms with Crippen molar-refractivity contribution in [1.82, 2.24) is 0 Å². The number of carbonyl (C=O) groups is 2. The number of hydrogen-bond acceptors (Lipinski definition) is 3. The van der Waals surface area contributed by atoms with E-state index in [2.05, 4.69) is 0 Å². The number of aryl methyl sites for hydroxylation is 1. The summed E-state index contributed by atoms with van der Waals surface area (Å²) in [5.41, 5.74) is 1.06. The van der Waals surface area contributed by atoms with Gasteiger partial charge in [-0.2, -0.15) is 5.26 Å². The second kappa shape index (κ2) is 5.83. The minimum absolute atomic E-state index is 0.243. The predicted octanol–water partition coefficient (Wildman–Crippen LogP) is 2.36. The summed E-state index contributed by atoms with van der Waals surface area (Å²) in [6.45, 7) is 2.14. The minimum Gasteiger partial charge on any atom is -0.312 e. The van der Waals surface area contributed by atoms with E-state index in [0.29, 0.717) is 30.6 Å². The molecule has 5 heteroatoms. The third-order valence-electron chi connectivity index (χ3n) is 3.53. The van der Waals surface area contributed by atoms with Gasteiger partial charge in [0, 0.05) is 12.2 Å². The second-order valence-electron chi connectivity index (χ2n) is 4.92. The fourth-order valence-electron chi connectivity index (χ4n) is 2.43. The minimum atomic E-state index is -0.742. The highest BCUT2D eigenvalue weighted by Crippen LogP contribution is 2.27. The van der Waals surface area contributed by atoms with Crippen LogP contribution in [0.3, 0.4) is 0 Å². The quantitative estimate of drug-likeness (QED) is 0.795. The van der Waals surface area contributed by atoms with Crippen molar-refractivity contribution in [2.45, 2.75) is 26.2 Å². The Kier molecular flexibility index (Phi) is 4.14. The Morgan fingerprint density at radius 1 is 1.55 bits per heavy atom. The van der Waals surface area contributed by atoms with Crippen molar-refractivity contribution < 1.29 is 14.0 Å². The van der Waals surface area contributed by atoms with Gasteiger partial charge in [0.1, 0.15) is 5.82 Å². The lowest BCUT2D eigenvalue weighted by Gasteiger charge is -2.31. The fraction of sp³-hybridized carbons (Fsp3) is 0.400. The van der Waals surface area contributed by atoms with Crippen LogP contribution >= 0.6 is 0 Å². The lowest BCUT2D eigenvalue weighted by Crippen LogP contribution is -2.44. The summed E-state index contributed by atoms with van der Waals surface area (Å²) < 4.78 is 13.3. The van der Waals surface area contributed by atoms with Crippen molar-refractivity contribution in [3.8, 4) is 6.07 Å². The first-order valence-electron chi connectivity index (χ1n) is 6.52. The number of halogens is 1. The third kappa shape index (κ3) is 2.69. The van der Waals surface area contributed by atoms with Crippen LogP contribution in [0.15, 0.2) is 18.2 Å². The lowest BCUT2D eigenvalue weighted by atomic mass is 9.91. The maximum atomic E-state index is 13.3. The molecule has 1 amide bonds. The Morgan fingerprint density at radius 3 is 2.95 bits per heavy atom. The van der Waals surface area contributed by atoms with Crippen LogP contribution in [0.2, 0.25) is 0 Å². The largest absolute Gasteiger partial charge is 0.312 e. The number of rotatable bonds is 3. The fourth-order valence-corrected chi connectivity index (χ4v) is 2.43. The van der Waals surface area contributed by atoms with Crippen molar-refractivity contribution >= 4 is 17.4 Å². The van der Waals surface area contributed by atoms with Crippen molar-refractivity contribution in [3.05, 3.63) is 29.6 Å². The third-order valence-corrected chi connectivity index (χ3v) is 3.53. The van der Waals surface area contributed by atoms with Crippen LogP contribution in [-0.2, 0) is 9.59 Å². The normalized spacial score (nSPS) is 18.8. The molecule has 0 saturated carbocycles. The maximum absolute atomic E-state index is 13.3. The summed E-state index contributed by atoms with van der Waals surface area (Å²) in [5.74, 6) is -1.69. The van der Waals surface area contributed by atoms with Crippen LogP contribution in [0, 0.1) is 30.0 Å². The molecule has 0 radical (unpaired) electrons. The molecule has 0 aromatic heterocycles. The number of ketones is 1. The Balaban J connectivity index is 2.24. The van der Waals surface area contributed by atoms with Crippen LogP contribution in [0.5, 0.6) is 0 Å². The van der Waals surface area contributed by atoms with Crippen molar-refractivity contribution in [2.75, 3.05) is 11.4 Å². The molecule has 1 heterocycles. The zero-order chi connectivity index (χ0) is 14.7. The zero-order valence-electron chi connectivity index (χ0n) is 11.2. The van der Waals surface area contributed by atoms with Gasteiger partial charge in [-0.15, -0.1) is 0 Å². The van der Waals surface area contributed by atoms with E-state index < -0.39 is 5.92 Å². The summed E-state index contributed by atoms with van der Waals surface area (Å²) in [5, 5.41) is 8.57. The van der Waals surface area contributed by atoms with Gasteiger partial charge in [-0.3, -0.25) is 9.59 Å². The molecule has 0 bridgehead atoms. The number of piperidine rings is 1. The monoisotopic (exact) mass is 274 g/mol. The van der Waals surface area contributed by atoms with Crippen LogP contribution in [0.25, 0.3) is 0 Å². The number of benzene rings is 1. The van der Waals surface area contributed by atoms with Gasteiger partial charge in [0.25, 0.3) is 0 Å². The summed E-state index contributed by atoms with van der Waals surface area (Å²) >= 11 is 0. The van der Waals surface area contributed by atoms with E-state index in [-0.39, 0.29) is 23.9 Å². The summed E-state index contributed by atoms with van der Waals surface area (Å²) in [4.78, 5) is 25.6. The van der Waals surface area contributed by atoms with Crippen LogP contribution < -0.4 is 4.90 Å². The highest BCUT2D eigenvalue weighted by molar-refractivity contribution is 6.09. The molecule has 4 nitrogen and oxygen atoms in total. The molecule has 1 aromatic rings. The molecule has 0 N–H and O–H groups in total. The zero-order valence-corrected chi connectivity index (χ0v) is 11.2.